The van der Waals surface area contributed by atoms with Crippen LogP contribution in [0.5, 0.6) is 0 Å². The first-order chi connectivity index (χ1) is 5.63. The summed E-state index contributed by atoms with van der Waals surface area (Å²) in [6.07, 6.45) is 0.339. The van der Waals surface area contributed by atoms with Crippen molar-refractivity contribution in [2.45, 2.75) is 38.7 Å². The average Bonchev–Trinajstić information content (AvgIpc) is 1.95. The number of rotatable bonds is 7. The van der Waals surface area contributed by atoms with Crippen LogP contribution in [0.25, 0.3) is 0 Å². The number of hydrogen-bond donors (Lipinski definition) is 1. The highest BCUT2D eigenvalue weighted by atomic mass is 19.3. The highest BCUT2D eigenvalue weighted by molar-refractivity contribution is 4.52. The zero-order valence-corrected chi connectivity index (χ0v) is 7.43. The van der Waals surface area contributed by atoms with Gasteiger partial charge in [-0.2, -0.15) is 0 Å². The fourth-order valence-corrected chi connectivity index (χ4v) is 0.843. The number of alkyl halides is 2. The van der Waals surface area contributed by atoms with Crippen molar-refractivity contribution in [2.24, 2.45) is 5.73 Å². The molecule has 0 aliphatic rings. The van der Waals surface area contributed by atoms with Crippen LogP contribution in [0.1, 0.15) is 26.2 Å². The summed E-state index contributed by atoms with van der Waals surface area (Å²) in [5, 5.41) is 0. The SMILES string of the molecule is CC(N)CCCCOCC(F)F. The summed E-state index contributed by atoms with van der Waals surface area (Å²) >= 11 is 0. The number of ether oxygens (including phenoxy) is 1. The first-order valence-corrected chi connectivity index (χ1v) is 4.24. The Morgan fingerprint density at radius 3 is 2.50 bits per heavy atom. The van der Waals surface area contributed by atoms with E-state index < -0.39 is 13.0 Å². The molecular weight excluding hydrogens is 164 g/mol. The van der Waals surface area contributed by atoms with E-state index in [1.165, 1.54) is 0 Å². The van der Waals surface area contributed by atoms with Crippen LogP contribution in [0.2, 0.25) is 0 Å². The predicted molar refractivity (Wildman–Crippen MR) is 44.3 cm³/mol. The Morgan fingerprint density at radius 2 is 2.00 bits per heavy atom. The van der Waals surface area contributed by atoms with Gasteiger partial charge in [-0.25, -0.2) is 8.78 Å². The highest BCUT2D eigenvalue weighted by Crippen LogP contribution is 2.00. The summed E-state index contributed by atoms with van der Waals surface area (Å²) in [5.74, 6) is 0. The van der Waals surface area contributed by atoms with Crippen LogP contribution in [-0.4, -0.2) is 25.7 Å². The Morgan fingerprint density at radius 1 is 1.33 bits per heavy atom. The van der Waals surface area contributed by atoms with Crippen molar-refractivity contribution >= 4 is 0 Å². The van der Waals surface area contributed by atoms with Gasteiger partial charge in [-0.3, -0.25) is 0 Å². The molecule has 0 aliphatic carbocycles. The molecule has 2 nitrogen and oxygen atoms in total. The van der Waals surface area contributed by atoms with E-state index in [1.54, 1.807) is 0 Å². The lowest BCUT2D eigenvalue weighted by atomic mass is 10.1. The Bertz CT molecular complexity index is 87.1. The van der Waals surface area contributed by atoms with E-state index in [4.69, 9.17) is 5.73 Å². The maximum Gasteiger partial charge on any atom is 0.261 e. The standard InChI is InChI=1S/C8H17F2NO/c1-7(11)4-2-3-5-12-6-8(9)10/h7-8H,2-6,11H2,1H3. The van der Waals surface area contributed by atoms with Gasteiger partial charge in [-0.05, 0) is 26.2 Å². The summed E-state index contributed by atoms with van der Waals surface area (Å²) in [5.41, 5.74) is 5.49. The van der Waals surface area contributed by atoms with Gasteiger partial charge in [0, 0.05) is 12.6 Å². The highest BCUT2D eigenvalue weighted by Gasteiger charge is 2.01. The Balaban J connectivity index is 2.91. The zero-order chi connectivity index (χ0) is 9.40. The Labute approximate surface area is 72.1 Å². The van der Waals surface area contributed by atoms with Crippen LogP contribution < -0.4 is 5.73 Å². The lowest BCUT2D eigenvalue weighted by Gasteiger charge is -2.05. The Hall–Kier alpha value is -0.220. The van der Waals surface area contributed by atoms with E-state index in [9.17, 15) is 8.78 Å². The van der Waals surface area contributed by atoms with Gasteiger partial charge in [0.2, 0.25) is 0 Å². The molecule has 0 amide bonds. The average molecular weight is 181 g/mol. The van der Waals surface area contributed by atoms with E-state index in [0.717, 1.165) is 19.3 Å². The molecule has 74 valence electrons. The van der Waals surface area contributed by atoms with Crippen molar-refractivity contribution in [3.8, 4) is 0 Å². The molecule has 0 aromatic carbocycles. The molecule has 0 heterocycles. The van der Waals surface area contributed by atoms with Gasteiger partial charge >= 0.3 is 0 Å². The molecule has 0 aromatic rings. The number of unbranched alkanes of at least 4 members (excludes halogenated alkanes) is 1. The van der Waals surface area contributed by atoms with E-state index >= 15 is 0 Å². The second-order valence-corrected chi connectivity index (χ2v) is 2.94. The Kier molecular flexibility index (Phi) is 7.29. The molecule has 0 aliphatic heterocycles. The topological polar surface area (TPSA) is 35.2 Å². The van der Waals surface area contributed by atoms with Crippen LogP contribution in [0.3, 0.4) is 0 Å². The van der Waals surface area contributed by atoms with Gasteiger partial charge in [0.05, 0.1) is 0 Å². The van der Waals surface area contributed by atoms with Gasteiger partial charge in [-0.1, -0.05) is 0 Å². The lowest BCUT2D eigenvalue weighted by molar-refractivity contribution is 0.0161. The van der Waals surface area contributed by atoms with Crippen molar-refractivity contribution in [1.29, 1.82) is 0 Å². The van der Waals surface area contributed by atoms with Crippen molar-refractivity contribution < 1.29 is 13.5 Å². The second-order valence-electron chi connectivity index (χ2n) is 2.94. The first kappa shape index (κ1) is 11.8. The fraction of sp³-hybridized carbons (Fsp3) is 1.00. The molecule has 1 atom stereocenters. The third-order valence-electron chi connectivity index (χ3n) is 1.44. The molecule has 0 rings (SSSR count). The molecule has 1 unspecified atom stereocenters. The molecule has 0 bridgehead atoms. The zero-order valence-electron chi connectivity index (χ0n) is 7.43. The normalized spacial score (nSPS) is 13.8. The molecule has 2 N–H and O–H groups in total. The van der Waals surface area contributed by atoms with Gasteiger partial charge in [0.15, 0.2) is 0 Å². The van der Waals surface area contributed by atoms with Crippen molar-refractivity contribution in [3.63, 3.8) is 0 Å². The number of nitrogens with two attached hydrogens (primary N) is 1. The van der Waals surface area contributed by atoms with Crippen LogP contribution in [-0.2, 0) is 4.74 Å². The maximum absolute atomic E-state index is 11.5. The van der Waals surface area contributed by atoms with E-state index in [0.29, 0.717) is 6.61 Å². The minimum absolute atomic E-state index is 0.195. The lowest BCUT2D eigenvalue weighted by Crippen LogP contribution is -2.14. The van der Waals surface area contributed by atoms with Crippen LogP contribution in [0, 0.1) is 0 Å². The van der Waals surface area contributed by atoms with Gasteiger partial charge in [0.25, 0.3) is 6.43 Å². The summed E-state index contributed by atoms with van der Waals surface area (Å²) in [6.45, 7) is 1.90. The third kappa shape index (κ3) is 9.78. The van der Waals surface area contributed by atoms with Gasteiger partial charge < -0.3 is 10.5 Å². The van der Waals surface area contributed by atoms with E-state index in [1.807, 2.05) is 6.92 Å². The molecule has 0 radical (unpaired) electrons. The summed E-state index contributed by atoms with van der Waals surface area (Å²) in [7, 11) is 0. The molecule has 0 saturated heterocycles. The predicted octanol–water partition coefficient (Wildman–Crippen LogP) is 1.79. The smallest absolute Gasteiger partial charge is 0.261 e. The maximum atomic E-state index is 11.5. The minimum atomic E-state index is -2.35. The summed E-state index contributed by atoms with van der Waals surface area (Å²) < 4.78 is 27.7. The van der Waals surface area contributed by atoms with E-state index in [-0.39, 0.29) is 6.04 Å². The minimum Gasteiger partial charge on any atom is -0.376 e. The summed E-state index contributed by atoms with van der Waals surface area (Å²) in [4.78, 5) is 0. The monoisotopic (exact) mass is 181 g/mol. The molecule has 0 saturated carbocycles. The molecule has 0 aromatic heterocycles. The van der Waals surface area contributed by atoms with Gasteiger partial charge in [0.1, 0.15) is 6.61 Å². The van der Waals surface area contributed by atoms with Crippen molar-refractivity contribution in [1.82, 2.24) is 0 Å². The first-order valence-electron chi connectivity index (χ1n) is 4.24. The fourth-order valence-electron chi connectivity index (χ4n) is 0.843. The van der Waals surface area contributed by atoms with Crippen molar-refractivity contribution in [2.75, 3.05) is 13.2 Å². The van der Waals surface area contributed by atoms with Crippen LogP contribution in [0.15, 0.2) is 0 Å². The summed E-state index contributed by atoms with van der Waals surface area (Å²) in [6, 6.07) is 0.195. The number of halogens is 2. The van der Waals surface area contributed by atoms with Gasteiger partial charge in [-0.15, -0.1) is 0 Å². The molecule has 4 heteroatoms. The molecule has 12 heavy (non-hydrogen) atoms. The van der Waals surface area contributed by atoms with Crippen LogP contribution in [0.4, 0.5) is 8.78 Å². The molecule has 0 fully saturated rings. The number of hydrogen-bond acceptors (Lipinski definition) is 2. The molecular formula is C8H17F2NO. The van der Waals surface area contributed by atoms with Crippen molar-refractivity contribution in [3.05, 3.63) is 0 Å². The molecule has 0 spiro atoms. The second kappa shape index (κ2) is 7.43. The van der Waals surface area contributed by atoms with E-state index in [2.05, 4.69) is 4.74 Å². The quantitative estimate of drug-likeness (QED) is 0.608. The third-order valence-corrected chi connectivity index (χ3v) is 1.44. The largest absolute Gasteiger partial charge is 0.376 e. The van der Waals surface area contributed by atoms with Crippen LogP contribution >= 0.6 is 0 Å².